The SMILES string of the molecule is CCc1ccc(N(CC(=O)N(Cc2ccc(Cl)cc2Cl)C(CC)C(=O)NC(C)C)S(C)(=O)=O)cc1. The van der Waals surface area contributed by atoms with E-state index >= 15 is 0 Å². The molecule has 2 aromatic carbocycles. The molecule has 0 aromatic heterocycles. The van der Waals surface area contributed by atoms with Crippen molar-refractivity contribution in [2.24, 2.45) is 0 Å². The Bertz CT molecular complexity index is 1140. The maximum Gasteiger partial charge on any atom is 0.244 e. The fourth-order valence-corrected chi connectivity index (χ4v) is 4.96. The zero-order chi connectivity index (χ0) is 26.3. The van der Waals surface area contributed by atoms with Crippen LogP contribution in [0.15, 0.2) is 42.5 Å². The lowest BCUT2D eigenvalue weighted by molar-refractivity contribution is -0.140. The first-order valence-corrected chi connectivity index (χ1v) is 14.1. The molecule has 2 aromatic rings. The van der Waals surface area contributed by atoms with Crippen molar-refractivity contribution in [1.29, 1.82) is 0 Å². The minimum Gasteiger partial charge on any atom is -0.352 e. The number of aryl methyl sites for hydroxylation is 1. The van der Waals surface area contributed by atoms with E-state index in [0.29, 0.717) is 27.7 Å². The average molecular weight is 543 g/mol. The van der Waals surface area contributed by atoms with Gasteiger partial charge >= 0.3 is 0 Å². The normalized spacial score (nSPS) is 12.3. The average Bonchev–Trinajstić information content (AvgIpc) is 2.77. The molecule has 35 heavy (non-hydrogen) atoms. The summed E-state index contributed by atoms with van der Waals surface area (Å²) >= 11 is 12.4. The van der Waals surface area contributed by atoms with Gasteiger partial charge in [-0.2, -0.15) is 0 Å². The van der Waals surface area contributed by atoms with E-state index in [9.17, 15) is 18.0 Å². The van der Waals surface area contributed by atoms with Crippen LogP contribution in [0, 0.1) is 0 Å². The Labute approximate surface area is 218 Å². The standard InChI is InChI=1S/C25H33Cl2N3O4S/c1-6-18-8-12-21(13-9-18)30(35(5,33)34)16-24(31)29(23(7-2)25(32)28-17(3)4)15-19-10-11-20(26)14-22(19)27/h8-14,17,23H,6-7,15-16H2,1-5H3,(H,28,32). The van der Waals surface area contributed by atoms with Crippen LogP contribution in [0.1, 0.15) is 45.2 Å². The second-order valence-corrected chi connectivity index (χ2v) is 11.4. The summed E-state index contributed by atoms with van der Waals surface area (Å²) < 4.78 is 26.4. The van der Waals surface area contributed by atoms with Crippen LogP contribution in [0.2, 0.25) is 10.0 Å². The Balaban J connectivity index is 2.46. The van der Waals surface area contributed by atoms with Crippen LogP contribution in [-0.2, 0) is 32.6 Å². The predicted octanol–water partition coefficient (Wildman–Crippen LogP) is 4.65. The molecule has 1 unspecified atom stereocenters. The highest BCUT2D eigenvalue weighted by atomic mass is 35.5. The van der Waals surface area contributed by atoms with Crippen LogP contribution < -0.4 is 9.62 Å². The molecule has 7 nitrogen and oxygen atoms in total. The van der Waals surface area contributed by atoms with Gasteiger partial charge in [0.05, 0.1) is 11.9 Å². The van der Waals surface area contributed by atoms with Crippen molar-refractivity contribution < 1.29 is 18.0 Å². The van der Waals surface area contributed by atoms with Gasteiger partial charge in [0.15, 0.2) is 0 Å². The first kappa shape index (κ1) is 28.9. The van der Waals surface area contributed by atoms with E-state index in [1.807, 2.05) is 32.9 Å². The Morgan fingerprint density at radius 3 is 2.14 bits per heavy atom. The molecule has 1 atom stereocenters. The van der Waals surface area contributed by atoms with Gasteiger partial charge in [-0.3, -0.25) is 13.9 Å². The first-order valence-electron chi connectivity index (χ1n) is 11.5. The van der Waals surface area contributed by atoms with E-state index in [1.165, 1.54) is 4.90 Å². The molecule has 0 heterocycles. The third-order valence-corrected chi connectivity index (χ3v) is 7.21. The summed E-state index contributed by atoms with van der Waals surface area (Å²) in [5, 5.41) is 3.64. The summed E-state index contributed by atoms with van der Waals surface area (Å²) in [6.07, 6.45) is 2.19. The van der Waals surface area contributed by atoms with E-state index in [0.717, 1.165) is 22.5 Å². The molecule has 1 N–H and O–H groups in total. The number of nitrogens with zero attached hydrogens (tertiary/aromatic N) is 2. The molecular weight excluding hydrogens is 509 g/mol. The summed E-state index contributed by atoms with van der Waals surface area (Å²) in [5.41, 5.74) is 2.02. The van der Waals surface area contributed by atoms with Crippen LogP contribution in [0.4, 0.5) is 5.69 Å². The number of hydrogen-bond acceptors (Lipinski definition) is 4. The molecule has 0 saturated carbocycles. The fraction of sp³-hybridized carbons (Fsp3) is 0.440. The smallest absolute Gasteiger partial charge is 0.244 e. The van der Waals surface area contributed by atoms with Gasteiger partial charge in [0.2, 0.25) is 21.8 Å². The molecule has 0 aliphatic heterocycles. The van der Waals surface area contributed by atoms with Crippen molar-refractivity contribution >= 4 is 50.7 Å². The molecule has 0 fully saturated rings. The van der Waals surface area contributed by atoms with Crippen molar-refractivity contribution in [3.8, 4) is 0 Å². The number of benzene rings is 2. The van der Waals surface area contributed by atoms with Gasteiger partial charge in [-0.25, -0.2) is 8.42 Å². The Hall–Kier alpha value is -2.29. The number of rotatable bonds is 11. The molecule has 2 amide bonds. The van der Waals surface area contributed by atoms with Gasteiger partial charge in [-0.1, -0.05) is 55.2 Å². The van der Waals surface area contributed by atoms with Gasteiger partial charge in [0.25, 0.3) is 0 Å². The molecule has 0 saturated heterocycles. The summed E-state index contributed by atoms with van der Waals surface area (Å²) in [7, 11) is -3.78. The highest BCUT2D eigenvalue weighted by Crippen LogP contribution is 2.25. The van der Waals surface area contributed by atoms with Crippen LogP contribution in [0.3, 0.4) is 0 Å². The maximum atomic E-state index is 13.6. The van der Waals surface area contributed by atoms with E-state index < -0.39 is 28.5 Å². The van der Waals surface area contributed by atoms with Gasteiger partial charge in [0.1, 0.15) is 12.6 Å². The Morgan fingerprint density at radius 2 is 1.66 bits per heavy atom. The zero-order valence-corrected chi connectivity index (χ0v) is 23.0. The van der Waals surface area contributed by atoms with Gasteiger partial charge in [-0.15, -0.1) is 0 Å². The van der Waals surface area contributed by atoms with Crippen LogP contribution in [0.5, 0.6) is 0 Å². The topological polar surface area (TPSA) is 86.8 Å². The van der Waals surface area contributed by atoms with Crippen LogP contribution in [0.25, 0.3) is 0 Å². The second-order valence-electron chi connectivity index (χ2n) is 8.63. The lowest BCUT2D eigenvalue weighted by Crippen LogP contribution is -2.53. The summed E-state index contributed by atoms with van der Waals surface area (Å²) in [5.74, 6) is -0.842. The molecule has 0 spiro atoms. The van der Waals surface area contributed by atoms with Gasteiger partial charge in [-0.05, 0) is 62.1 Å². The number of halogens is 2. The zero-order valence-electron chi connectivity index (χ0n) is 20.7. The fourth-order valence-electron chi connectivity index (χ4n) is 3.65. The van der Waals surface area contributed by atoms with Crippen molar-refractivity contribution in [3.63, 3.8) is 0 Å². The van der Waals surface area contributed by atoms with Crippen molar-refractivity contribution in [2.75, 3.05) is 17.1 Å². The summed E-state index contributed by atoms with van der Waals surface area (Å²) in [6.45, 7) is 7.02. The lowest BCUT2D eigenvalue weighted by Gasteiger charge is -2.33. The third kappa shape index (κ3) is 8.12. The first-order chi connectivity index (χ1) is 16.4. The van der Waals surface area contributed by atoms with Crippen LogP contribution in [-0.4, -0.2) is 50.0 Å². The number of amides is 2. The highest BCUT2D eigenvalue weighted by molar-refractivity contribution is 7.92. The largest absolute Gasteiger partial charge is 0.352 e. The van der Waals surface area contributed by atoms with Gasteiger partial charge < -0.3 is 10.2 Å². The molecule has 0 radical (unpaired) electrons. The molecule has 2 rings (SSSR count). The predicted molar refractivity (Wildman–Crippen MR) is 142 cm³/mol. The number of hydrogen-bond donors (Lipinski definition) is 1. The molecule has 0 aliphatic carbocycles. The van der Waals surface area contributed by atoms with E-state index in [2.05, 4.69) is 5.32 Å². The minimum absolute atomic E-state index is 0.0191. The molecular formula is C25H33Cl2N3O4S. The quantitative estimate of drug-likeness (QED) is 0.448. The molecule has 0 aliphatic rings. The third-order valence-electron chi connectivity index (χ3n) is 5.48. The monoisotopic (exact) mass is 541 g/mol. The van der Waals surface area contributed by atoms with Crippen LogP contribution >= 0.6 is 23.2 Å². The minimum atomic E-state index is -3.78. The number of carbonyl (C=O) groups is 2. The lowest BCUT2D eigenvalue weighted by atomic mass is 10.1. The number of anilines is 1. The van der Waals surface area contributed by atoms with E-state index in [-0.39, 0.29) is 18.5 Å². The summed E-state index contributed by atoms with van der Waals surface area (Å²) in [6, 6.07) is 11.0. The van der Waals surface area contributed by atoms with Crippen molar-refractivity contribution in [2.45, 2.75) is 59.2 Å². The Kier molecular flexibility index (Phi) is 10.4. The Morgan fingerprint density at radius 1 is 1.03 bits per heavy atom. The highest BCUT2D eigenvalue weighted by Gasteiger charge is 2.32. The van der Waals surface area contributed by atoms with Crippen molar-refractivity contribution in [1.82, 2.24) is 10.2 Å². The van der Waals surface area contributed by atoms with Gasteiger partial charge in [0, 0.05) is 22.6 Å². The summed E-state index contributed by atoms with van der Waals surface area (Å²) in [4.78, 5) is 28.0. The van der Waals surface area contributed by atoms with E-state index in [4.69, 9.17) is 23.2 Å². The number of carbonyl (C=O) groups excluding carboxylic acids is 2. The maximum absolute atomic E-state index is 13.6. The van der Waals surface area contributed by atoms with E-state index in [1.54, 1.807) is 37.3 Å². The molecule has 10 heteroatoms. The second kappa shape index (κ2) is 12.6. The number of nitrogens with one attached hydrogen (secondary N) is 1. The number of sulfonamides is 1. The van der Waals surface area contributed by atoms with Crippen molar-refractivity contribution in [3.05, 3.63) is 63.6 Å². The molecule has 0 bridgehead atoms. The molecule has 192 valence electrons.